The molecule has 20 heteroatoms. The van der Waals surface area contributed by atoms with Crippen LogP contribution in [0.15, 0.2) is 194 Å². The van der Waals surface area contributed by atoms with Crippen LogP contribution in [0.4, 0.5) is 13.2 Å². The SMILES string of the molecule is CC(N)c1ccccc1.O=C(O)C[C@H](O)C[C@H](O)/C=C/c1c(C2CC2)nc2ccccc2c1-c1ccc(F)cc1.O=C([O-])C[C@H](O)C[C@H](O)/C=C/c1c(C2CC2)nc2ccccc2c1-c1ccc(F)cc1.O=C([O-])C[C@H](O)C[C@H](O)/C=C/c1c(C2CC2)nc2ccccc2c1-c1ccc(F)cc1.[Ca+2]. The van der Waals surface area contributed by atoms with E-state index in [1.54, 1.807) is 72.9 Å². The summed E-state index contributed by atoms with van der Waals surface area (Å²) >= 11 is 0. The van der Waals surface area contributed by atoms with E-state index in [9.17, 15) is 68.4 Å². The molecule has 3 aliphatic carbocycles. The number of fused-ring (bicyclic) bond motifs is 3. The average molecular weight is 1420 g/mol. The molecule has 3 aliphatic rings. The van der Waals surface area contributed by atoms with Crippen LogP contribution in [0.5, 0.6) is 0 Å². The van der Waals surface area contributed by atoms with Gasteiger partial charge < -0.3 is 61.3 Å². The summed E-state index contributed by atoms with van der Waals surface area (Å²) in [6.07, 6.45) is 7.82. The maximum atomic E-state index is 13.6. The monoisotopic (exact) mass is 1420 g/mol. The molecule has 0 radical (unpaired) electrons. The number of aliphatic hydroxyl groups excluding tert-OH is 6. The summed E-state index contributed by atoms with van der Waals surface area (Å²) in [5.41, 5.74) is 20.0. The fraction of sp³-hybridized carbons (Fsp3) is 0.277. The van der Waals surface area contributed by atoms with E-state index in [0.29, 0.717) is 17.8 Å². The summed E-state index contributed by atoms with van der Waals surface area (Å²) in [6.45, 7) is 1.98. The maximum absolute atomic E-state index is 13.6. The molecule has 3 aromatic heterocycles. The van der Waals surface area contributed by atoms with E-state index in [0.717, 1.165) is 138 Å². The van der Waals surface area contributed by atoms with Crippen LogP contribution in [0.3, 0.4) is 0 Å². The predicted octanol–water partition coefficient (Wildman–Crippen LogP) is 12.2. The van der Waals surface area contributed by atoms with Crippen molar-refractivity contribution in [3.05, 3.63) is 251 Å². The fourth-order valence-corrected chi connectivity index (χ4v) is 12.3. The number of aromatic nitrogens is 3. The number of para-hydroxylation sites is 3. The van der Waals surface area contributed by atoms with Crippen LogP contribution >= 0.6 is 0 Å². The molecule has 1 unspecified atom stereocenters. The number of nitrogens with zero attached hydrogens (tertiary/aromatic N) is 3. The first-order valence-electron chi connectivity index (χ1n) is 34.2. The number of carbonyl (C=O) groups is 3. The Balaban J connectivity index is 0.000000168. The quantitative estimate of drug-likeness (QED) is 0.0247. The van der Waals surface area contributed by atoms with Crippen molar-refractivity contribution in [3.63, 3.8) is 0 Å². The largest absolute Gasteiger partial charge is 2.00 e. The third-order valence-electron chi connectivity index (χ3n) is 17.7. The fourth-order valence-electron chi connectivity index (χ4n) is 12.3. The van der Waals surface area contributed by atoms with Gasteiger partial charge in [-0.05, 0) is 122 Å². The van der Waals surface area contributed by atoms with Gasteiger partial charge in [0.15, 0.2) is 0 Å². The second-order valence-corrected chi connectivity index (χ2v) is 26.1. The third-order valence-corrected chi connectivity index (χ3v) is 17.7. The molecule has 0 amide bonds. The normalized spacial score (nSPS) is 15.6. The number of halogens is 3. The summed E-state index contributed by atoms with van der Waals surface area (Å²) < 4.78 is 40.7. The molecule has 3 saturated carbocycles. The zero-order chi connectivity index (χ0) is 72.6. The summed E-state index contributed by atoms with van der Waals surface area (Å²) in [7, 11) is 0. The second kappa shape index (κ2) is 37.0. The van der Waals surface area contributed by atoms with Crippen molar-refractivity contribution in [3.8, 4) is 33.4 Å². The Kier molecular flexibility index (Phi) is 28.2. The molecule has 7 atom stereocenters. The van der Waals surface area contributed by atoms with E-state index in [4.69, 9.17) is 25.8 Å². The first kappa shape index (κ1) is 78.3. The van der Waals surface area contributed by atoms with Gasteiger partial charge in [0.25, 0.3) is 0 Å². The number of benzene rings is 7. The Hall–Kier alpha value is -8.83. The van der Waals surface area contributed by atoms with Crippen molar-refractivity contribution < 1.29 is 73.5 Å². The van der Waals surface area contributed by atoms with Crippen molar-refractivity contribution in [1.29, 1.82) is 0 Å². The molecule has 0 saturated heterocycles. The zero-order valence-corrected chi connectivity index (χ0v) is 59.1. The Morgan fingerprint density at radius 2 is 0.709 bits per heavy atom. The van der Waals surface area contributed by atoms with Crippen LogP contribution in [-0.2, 0) is 14.4 Å². The van der Waals surface area contributed by atoms with Crippen LogP contribution in [0.25, 0.3) is 84.3 Å². The van der Waals surface area contributed by atoms with Gasteiger partial charge in [0.2, 0.25) is 0 Å². The van der Waals surface area contributed by atoms with Gasteiger partial charge in [-0.25, -0.2) is 13.2 Å². The summed E-state index contributed by atoms with van der Waals surface area (Å²) in [6, 6.07) is 52.4. The molecule has 3 heterocycles. The van der Waals surface area contributed by atoms with Crippen molar-refractivity contribution >= 4 is 107 Å². The summed E-state index contributed by atoms with van der Waals surface area (Å²) in [4.78, 5) is 46.7. The van der Waals surface area contributed by atoms with Gasteiger partial charge in [-0.1, -0.05) is 158 Å². The molecule has 0 aliphatic heterocycles. The smallest absolute Gasteiger partial charge is 0.550 e. The molecular weight excluding hydrogens is 1340 g/mol. The third kappa shape index (κ3) is 22.3. The molecular formula is C83H81CaF3N4O12. The Bertz CT molecular complexity index is 4200. The standard InChI is InChI=1S/3C25H24FNO4.C8H11N.Ca/c3*26-17-9-7-15(8-10-17)24-20-3-1-2-4-22(20)27-25(16-5-6-16)21(24)12-11-18(28)13-19(29)14-23(30)31;1-7(9)8-5-3-2-4-6-8;/h3*1-4,7-12,16,18-19,28-29H,5-6,13-14H2,(H,30,31);2-7H,9H2,1H3;/q;;;;+2/p-2/b3*12-11+;;/t3*18-,19-;;/m111../s1. The predicted molar refractivity (Wildman–Crippen MR) is 391 cm³/mol. The van der Waals surface area contributed by atoms with Gasteiger partial charge in [0, 0.05) is 117 Å². The van der Waals surface area contributed by atoms with E-state index in [2.05, 4.69) is 0 Å². The van der Waals surface area contributed by atoms with Crippen LogP contribution in [-0.4, -0.2) is 143 Å². The minimum absolute atomic E-state index is 0. The summed E-state index contributed by atoms with van der Waals surface area (Å²) in [5, 5.41) is 93.2. The number of aliphatic hydroxyl groups is 6. The molecule has 13 rings (SSSR count). The number of pyridine rings is 3. The van der Waals surface area contributed by atoms with Crippen LogP contribution in [0, 0.1) is 17.5 Å². The number of hydrogen-bond acceptors (Lipinski definition) is 15. The van der Waals surface area contributed by atoms with Gasteiger partial charge in [0.1, 0.15) is 17.5 Å². The van der Waals surface area contributed by atoms with E-state index in [1.807, 2.05) is 110 Å². The molecule has 0 spiro atoms. The molecule has 10 aromatic rings. The Morgan fingerprint density at radius 3 is 0.961 bits per heavy atom. The van der Waals surface area contributed by atoms with Gasteiger partial charge in [-0.2, -0.15) is 0 Å². The number of aliphatic carboxylic acids is 3. The molecule has 3 fully saturated rings. The molecule has 528 valence electrons. The second-order valence-electron chi connectivity index (χ2n) is 26.1. The first-order valence-corrected chi connectivity index (χ1v) is 34.2. The topological polar surface area (TPSA) is 304 Å². The number of nitrogens with two attached hydrogens (primary N) is 1. The molecule has 16 nitrogen and oxygen atoms in total. The number of carboxylic acids is 3. The minimum atomic E-state index is -1.36. The number of hydrogen-bond donors (Lipinski definition) is 8. The van der Waals surface area contributed by atoms with E-state index in [-0.39, 0.29) is 80.5 Å². The van der Waals surface area contributed by atoms with Crippen molar-refractivity contribution in [2.75, 3.05) is 0 Å². The number of carbonyl (C=O) groups excluding carboxylic acids is 2. The van der Waals surface area contributed by atoms with Crippen molar-refractivity contribution in [1.82, 2.24) is 15.0 Å². The molecule has 0 bridgehead atoms. The minimum Gasteiger partial charge on any atom is -0.550 e. The molecule has 7 aromatic carbocycles. The number of carboxylic acid groups (broad SMARTS) is 3. The molecule has 9 N–H and O–H groups in total. The molecule has 103 heavy (non-hydrogen) atoms. The zero-order valence-electron chi connectivity index (χ0n) is 56.9. The van der Waals surface area contributed by atoms with Gasteiger partial charge in [-0.3, -0.25) is 19.7 Å². The van der Waals surface area contributed by atoms with Gasteiger partial charge in [0.05, 0.1) is 76.7 Å². The average Bonchev–Trinajstić information content (AvgIpc) is 1.76. The van der Waals surface area contributed by atoms with Crippen LogP contribution < -0.4 is 15.9 Å². The Labute approximate surface area is 625 Å². The van der Waals surface area contributed by atoms with Crippen molar-refractivity contribution in [2.24, 2.45) is 5.73 Å². The summed E-state index contributed by atoms with van der Waals surface area (Å²) in [5.74, 6) is -3.82. The van der Waals surface area contributed by atoms with Gasteiger partial charge >= 0.3 is 43.7 Å². The number of rotatable bonds is 25. The van der Waals surface area contributed by atoms with Crippen molar-refractivity contribution in [2.45, 2.75) is 144 Å². The van der Waals surface area contributed by atoms with E-state index < -0.39 is 73.8 Å². The first-order chi connectivity index (χ1) is 49.1. The van der Waals surface area contributed by atoms with E-state index >= 15 is 0 Å². The van der Waals surface area contributed by atoms with Crippen LogP contribution in [0.2, 0.25) is 0 Å². The van der Waals surface area contributed by atoms with E-state index in [1.165, 1.54) is 42.0 Å². The Morgan fingerprint density at radius 1 is 0.437 bits per heavy atom. The van der Waals surface area contributed by atoms with Gasteiger partial charge in [-0.15, -0.1) is 0 Å². The maximum Gasteiger partial charge on any atom is 2.00 e. The van der Waals surface area contributed by atoms with Crippen LogP contribution in [0.1, 0.15) is 147 Å².